The monoisotopic (exact) mass is 298 g/mol. The molecule has 11 heteroatoms. The Morgan fingerprint density at radius 2 is 2.05 bits per heavy atom. The van der Waals surface area contributed by atoms with Crippen molar-refractivity contribution in [1.82, 2.24) is 16.8 Å². The molecule has 0 spiro atoms. The van der Waals surface area contributed by atoms with Crippen LogP contribution in [-0.2, 0) is 14.2 Å². The maximum absolute atomic E-state index is 10.6. The molecule has 0 radical (unpaired) electrons. The van der Waals surface area contributed by atoms with Crippen LogP contribution in [-0.4, -0.2) is 53.3 Å². The smallest absolute Gasteiger partial charge is 0.321 e. The van der Waals surface area contributed by atoms with Crippen LogP contribution >= 0.6 is 7.37 Å². The van der Waals surface area contributed by atoms with E-state index in [1.54, 1.807) is 0 Å². The molecule has 1 saturated heterocycles. The number of carbonyl (C=O) groups is 3. The van der Waals surface area contributed by atoms with Gasteiger partial charge in [0.05, 0.1) is 6.54 Å². The number of imide groups is 1. The van der Waals surface area contributed by atoms with E-state index in [9.17, 15) is 18.9 Å². The molecule has 0 aromatic rings. The maximum atomic E-state index is 10.6. The zero-order chi connectivity index (χ0) is 14.3. The molecule has 112 valence electrons. The van der Waals surface area contributed by atoms with E-state index in [0.717, 1.165) is 0 Å². The normalized spacial score (nSPS) is 17.8. The third-order valence-electron chi connectivity index (χ3n) is 1.83. The molecule has 0 aliphatic carbocycles. The SMILES string of the molecule is CP(=O)(O)CCC(N)C(=O)O.N.O=C1CNC(=O)N1. The highest BCUT2D eigenvalue weighted by molar-refractivity contribution is 7.57. The van der Waals surface area contributed by atoms with Gasteiger partial charge in [-0.15, -0.1) is 0 Å². The first-order chi connectivity index (χ1) is 8.11. The topological polar surface area (TPSA) is 194 Å². The molecule has 2 atom stereocenters. The lowest BCUT2D eigenvalue weighted by Gasteiger charge is -2.07. The average molecular weight is 298 g/mol. The highest BCUT2D eigenvalue weighted by atomic mass is 31.2. The minimum absolute atomic E-state index is 0. The largest absolute Gasteiger partial charge is 0.480 e. The van der Waals surface area contributed by atoms with Crippen LogP contribution in [0.5, 0.6) is 0 Å². The number of urea groups is 1. The summed E-state index contributed by atoms with van der Waals surface area (Å²) in [6, 6.07) is -1.43. The summed E-state index contributed by atoms with van der Waals surface area (Å²) < 4.78 is 10.6. The number of rotatable bonds is 4. The van der Waals surface area contributed by atoms with Crippen LogP contribution in [0, 0.1) is 0 Å². The third kappa shape index (κ3) is 11.3. The Labute approximate surface area is 109 Å². The average Bonchev–Trinajstić information content (AvgIpc) is 2.58. The Hall–Kier alpha value is -1.48. The summed E-state index contributed by atoms with van der Waals surface area (Å²) >= 11 is 0. The molecular formula is C8H19N4O6P. The molecule has 0 bridgehead atoms. The number of amides is 3. The molecule has 2 unspecified atom stereocenters. The molecule has 0 saturated carbocycles. The molecule has 9 N–H and O–H groups in total. The van der Waals surface area contributed by atoms with Crippen molar-refractivity contribution >= 4 is 25.3 Å². The van der Waals surface area contributed by atoms with Crippen LogP contribution in [0.25, 0.3) is 0 Å². The van der Waals surface area contributed by atoms with Crippen molar-refractivity contribution < 1.29 is 28.9 Å². The molecule has 1 heterocycles. The molecule has 0 aromatic carbocycles. The molecule has 3 amide bonds. The zero-order valence-corrected chi connectivity index (χ0v) is 11.4. The number of nitrogens with two attached hydrogens (primary N) is 1. The standard InChI is InChI=1S/C5H12NO4P.C3H4N2O2.H3N/c1-11(9,10)3-2-4(6)5(7)8;6-2-1-4-3(7)5-2;/h4H,2-3,6H2,1H3,(H,7,8)(H,9,10);1H2,(H2,4,5,6,7);1H3. The highest BCUT2D eigenvalue weighted by Crippen LogP contribution is 2.35. The summed E-state index contributed by atoms with van der Waals surface area (Å²) in [7, 11) is -3.10. The number of hydrogen-bond donors (Lipinski definition) is 6. The Bertz CT molecular complexity index is 367. The summed E-state index contributed by atoms with van der Waals surface area (Å²) in [5.41, 5.74) is 5.09. The lowest BCUT2D eigenvalue weighted by atomic mass is 10.2. The van der Waals surface area contributed by atoms with E-state index in [1.807, 2.05) is 5.32 Å². The summed E-state index contributed by atoms with van der Waals surface area (Å²) in [5.74, 6) is -1.40. The van der Waals surface area contributed by atoms with Crippen LogP contribution in [0.3, 0.4) is 0 Å². The molecular weight excluding hydrogens is 279 g/mol. The van der Waals surface area contributed by atoms with Gasteiger partial charge in [-0.1, -0.05) is 0 Å². The van der Waals surface area contributed by atoms with Crippen molar-refractivity contribution in [3.8, 4) is 0 Å². The lowest BCUT2D eigenvalue weighted by molar-refractivity contribution is -0.138. The van der Waals surface area contributed by atoms with E-state index in [-0.39, 0.29) is 31.2 Å². The number of carboxylic acid groups (broad SMARTS) is 1. The summed E-state index contributed by atoms with van der Waals surface area (Å²) in [6.07, 6.45) is 0.0000772. The van der Waals surface area contributed by atoms with Gasteiger partial charge < -0.3 is 27.2 Å². The second-order valence-corrected chi connectivity index (χ2v) is 6.29. The third-order valence-corrected chi connectivity index (χ3v) is 2.92. The Morgan fingerprint density at radius 3 is 2.26 bits per heavy atom. The van der Waals surface area contributed by atoms with Crippen LogP contribution in [0.4, 0.5) is 4.79 Å². The van der Waals surface area contributed by atoms with Crippen molar-refractivity contribution in [3.05, 3.63) is 0 Å². The minimum atomic E-state index is -3.10. The number of nitrogens with one attached hydrogen (secondary N) is 2. The first-order valence-corrected chi connectivity index (χ1v) is 7.26. The van der Waals surface area contributed by atoms with Gasteiger partial charge in [0.1, 0.15) is 6.04 Å². The molecule has 1 rings (SSSR count). The fourth-order valence-electron chi connectivity index (χ4n) is 0.878. The predicted octanol–water partition coefficient (Wildman–Crippen LogP) is -1.32. The van der Waals surface area contributed by atoms with Gasteiger partial charge >= 0.3 is 12.0 Å². The number of carbonyl (C=O) groups excluding carboxylic acids is 2. The molecule has 10 nitrogen and oxygen atoms in total. The minimum Gasteiger partial charge on any atom is -0.480 e. The van der Waals surface area contributed by atoms with Crippen LogP contribution in [0.2, 0.25) is 0 Å². The van der Waals surface area contributed by atoms with Crippen LogP contribution in [0.15, 0.2) is 0 Å². The van der Waals surface area contributed by atoms with Crippen LogP contribution < -0.4 is 22.5 Å². The highest BCUT2D eigenvalue weighted by Gasteiger charge is 2.16. The quantitative estimate of drug-likeness (QED) is 0.271. The second kappa shape index (κ2) is 8.59. The Morgan fingerprint density at radius 1 is 1.53 bits per heavy atom. The number of hydrogen-bond acceptors (Lipinski definition) is 6. The number of aliphatic carboxylic acids is 1. The van der Waals surface area contributed by atoms with E-state index in [2.05, 4.69) is 5.32 Å². The predicted molar refractivity (Wildman–Crippen MR) is 67.4 cm³/mol. The first-order valence-electron chi connectivity index (χ1n) is 4.97. The fourth-order valence-corrected chi connectivity index (χ4v) is 1.63. The molecule has 1 aliphatic heterocycles. The van der Waals surface area contributed by atoms with Gasteiger partial charge in [0.15, 0.2) is 7.37 Å². The zero-order valence-electron chi connectivity index (χ0n) is 10.5. The van der Waals surface area contributed by atoms with Crippen molar-refractivity contribution in [2.45, 2.75) is 12.5 Å². The van der Waals surface area contributed by atoms with Crippen molar-refractivity contribution in [2.24, 2.45) is 5.73 Å². The number of carboxylic acids is 1. The van der Waals surface area contributed by atoms with Gasteiger partial charge in [0.2, 0.25) is 5.91 Å². The summed E-state index contributed by atoms with van der Waals surface area (Å²) in [4.78, 5) is 38.9. The van der Waals surface area contributed by atoms with Gasteiger partial charge in [-0.25, -0.2) is 4.79 Å². The van der Waals surface area contributed by atoms with Crippen molar-refractivity contribution in [1.29, 1.82) is 0 Å². The van der Waals surface area contributed by atoms with Crippen molar-refractivity contribution in [2.75, 3.05) is 19.4 Å². The lowest BCUT2D eigenvalue weighted by Crippen LogP contribution is -2.30. The Kier molecular flexibility index (Phi) is 8.98. The summed E-state index contributed by atoms with van der Waals surface area (Å²) in [5, 5.41) is 12.6. The molecule has 1 fully saturated rings. The van der Waals surface area contributed by atoms with Gasteiger partial charge in [-0.05, 0) is 6.42 Å². The first kappa shape index (κ1) is 19.9. The van der Waals surface area contributed by atoms with E-state index in [0.29, 0.717) is 0 Å². The van der Waals surface area contributed by atoms with Gasteiger partial charge in [-0.2, -0.15) is 0 Å². The molecule has 0 aromatic heterocycles. The van der Waals surface area contributed by atoms with Crippen molar-refractivity contribution in [3.63, 3.8) is 0 Å². The fraction of sp³-hybridized carbons (Fsp3) is 0.625. The van der Waals surface area contributed by atoms with E-state index < -0.39 is 25.4 Å². The van der Waals surface area contributed by atoms with E-state index >= 15 is 0 Å². The Balaban J connectivity index is 0. The van der Waals surface area contributed by atoms with Gasteiger partial charge in [-0.3, -0.25) is 19.5 Å². The maximum Gasteiger partial charge on any atom is 0.321 e. The second-order valence-electron chi connectivity index (χ2n) is 3.74. The summed E-state index contributed by atoms with van der Waals surface area (Å²) in [6.45, 7) is 1.31. The van der Waals surface area contributed by atoms with Gasteiger partial charge in [0, 0.05) is 12.8 Å². The molecule has 19 heavy (non-hydrogen) atoms. The van der Waals surface area contributed by atoms with Gasteiger partial charge in [0.25, 0.3) is 0 Å². The molecule has 1 aliphatic rings. The van der Waals surface area contributed by atoms with Crippen LogP contribution in [0.1, 0.15) is 6.42 Å². The van der Waals surface area contributed by atoms with E-state index in [4.69, 9.17) is 15.7 Å². The van der Waals surface area contributed by atoms with E-state index in [1.165, 1.54) is 6.66 Å².